The SMILES string of the molecule is COCC(C)NC(=O)c1ccc(O)c(Cl)c1. The van der Waals surface area contributed by atoms with Gasteiger partial charge in [0, 0.05) is 18.7 Å². The van der Waals surface area contributed by atoms with E-state index in [-0.39, 0.29) is 22.7 Å². The molecule has 0 fully saturated rings. The predicted molar refractivity (Wildman–Crippen MR) is 61.9 cm³/mol. The van der Waals surface area contributed by atoms with Crippen LogP contribution in [0.3, 0.4) is 0 Å². The second-order valence-electron chi connectivity index (χ2n) is 3.50. The second kappa shape index (κ2) is 5.72. The first-order chi connectivity index (χ1) is 7.54. The zero-order valence-electron chi connectivity index (χ0n) is 9.16. The van der Waals surface area contributed by atoms with Crippen LogP contribution < -0.4 is 5.32 Å². The molecule has 0 bridgehead atoms. The van der Waals surface area contributed by atoms with Crippen LogP contribution in [0.4, 0.5) is 0 Å². The van der Waals surface area contributed by atoms with Gasteiger partial charge >= 0.3 is 0 Å². The quantitative estimate of drug-likeness (QED) is 0.848. The summed E-state index contributed by atoms with van der Waals surface area (Å²) < 4.78 is 4.90. The maximum absolute atomic E-state index is 11.7. The van der Waals surface area contributed by atoms with E-state index in [1.807, 2.05) is 6.92 Å². The molecule has 4 nitrogen and oxygen atoms in total. The maximum Gasteiger partial charge on any atom is 0.251 e. The molecule has 1 aromatic rings. The third-order valence-corrected chi connectivity index (χ3v) is 2.31. The molecule has 0 aromatic heterocycles. The molecule has 1 unspecified atom stereocenters. The normalized spacial score (nSPS) is 12.2. The molecule has 0 aliphatic rings. The van der Waals surface area contributed by atoms with Gasteiger partial charge in [-0.1, -0.05) is 11.6 Å². The van der Waals surface area contributed by atoms with E-state index in [4.69, 9.17) is 16.3 Å². The van der Waals surface area contributed by atoms with Gasteiger partial charge in [0.1, 0.15) is 5.75 Å². The molecule has 1 atom stereocenters. The Kier molecular flexibility index (Phi) is 4.58. The van der Waals surface area contributed by atoms with Crippen LogP contribution in [0.15, 0.2) is 18.2 Å². The summed E-state index contributed by atoms with van der Waals surface area (Å²) in [7, 11) is 1.57. The van der Waals surface area contributed by atoms with Crippen LogP contribution in [0.25, 0.3) is 0 Å². The van der Waals surface area contributed by atoms with E-state index in [0.717, 1.165) is 0 Å². The first kappa shape index (κ1) is 12.8. The topological polar surface area (TPSA) is 58.6 Å². The van der Waals surface area contributed by atoms with E-state index >= 15 is 0 Å². The fraction of sp³-hybridized carbons (Fsp3) is 0.364. The number of hydrogen-bond donors (Lipinski definition) is 2. The maximum atomic E-state index is 11.7. The van der Waals surface area contributed by atoms with Crippen molar-refractivity contribution in [2.45, 2.75) is 13.0 Å². The highest BCUT2D eigenvalue weighted by molar-refractivity contribution is 6.32. The summed E-state index contributed by atoms with van der Waals surface area (Å²) in [5, 5.41) is 12.1. The Morgan fingerprint density at radius 3 is 2.88 bits per heavy atom. The zero-order valence-corrected chi connectivity index (χ0v) is 9.91. The van der Waals surface area contributed by atoms with Gasteiger partial charge in [0.2, 0.25) is 0 Å². The van der Waals surface area contributed by atoms with Gasteiger partial charge in [-0.25, -0.2) is 0 Å². The number of phenols is 1. The summed E-state index contributed by atoms with van der Waals surface area (Å²) in [5.74, 6) is -0.283. The van der Waals surface area contributed by atoms with Gasteiger partial charge in [0.05, 0.1) is 11.6 Å². The first-order valence-electron chi connectivity index (χ1n) is 4.83. The summed E-state index contributed by atoms with van der Waals surface area (Å²) in [6.07, 6.45) is 0. The fourth-order valence-electron chi connectivity index (χ4n) is 1.25. The van der Waals surface area contributed by atoms with Crippen molar-refractivity contribution < 1.29 is 14.6 Å². The van der Waals surface area contributed by atoms with Crippen LogP contribution in [-0.2, 0) is 4.74 Å². The summed E-state index contributed by atoms with van der Waals surface area (Å²) in [6, 6.07) is 4.24. The Morgan fingerprint density at radius 1 is 1.62 bits per heavy atom. The highest BCUT2D eigenvalue weighted by atomic mass is 35.5. The van der Waals surface area contributed by atoms with E-state index in [9.17, 15) is 9.90 Å². The van der Waals surface area contributed by atoms with Gasteiger partial charge in [0.25, 0.3) is 5.91 Å². The Labute approximate surface area is 99.2 Å². The Morgan fingerprint density at radius 2 is 2.31 bits per heavy atom. The lowest BCUT2D eigenvalue weighted by atomic mass is 10.2. The number of rotatable bonds is 4. The van der Waals surface area contributed by atoms with Crippen molar-refractivity contribution in [3.63, 3.8) is 0 Å². The minimum Gasteiger partial charge on any atom is -0.506 e. The van der Waals surface area contributed by atoms with Crippen LogP contribution in [0, 0.1) is 0 Å². The van der Waals surface area contributed by atoms with E-state index in [1.54, 1.807) is 7.11 Å². The van der Waals surface area contributed by atoms with Crippen molar-refractivity contribution in [1.29, 1.82) is 0 Å². The fourth-order valence-corrected chi connectivity index (χ4v) is 1.43. The predicted octanol–water partition coefficient (Wildman–Crippen LogP) is 1.81. The molecule has 0 radical (unpaired) electrons. The Bertz CT molecular complexity index is 381. The van der Waals surface area contributed by atoms with Crippen LogP contribution in [0.2, 0.25) is 5.02 Å². The number of halogens is 1. The van der Waals surface area contributed by atoms with E-state index in [0.29, 0.717) is 12.2 Å². The van der Waals surface area contributed by atoms with Crippen molar-refractivity contribution in [2.75, 3.05) is 13.7 Å². The lowest BCUT2D eigenvalue weighted by Crippen LogP contribution is -2.35. The van der Waals surface area contributed by atoms with E-state index < -0.39 is 0 Å². The van der Waals surface area contributed by atoms with Gasteiger partial charge in [-0.2, -0.15) is 0 Å². The van der Waals surface area contributed by atoms with E-state index in [2.05, 4.69) is 5.32 Å². The minimum atomic E-state index is -0.244. The average molecular weight is 244 g/mol. The molecule has 0 saturated carbocycles. The van der Waals surface area contributed by atoms with Crippen molar-refractivity contribution in [3.05, 3.63) is 28.8 Å². The molecule has 16 heavy (non-hydrogen) atoms. The number of amides is 1. The number of ether oxygens (including phenoxy) is 1. The molecular formula is C11H14ClNO3. The molecule has 88 valence electrons. The number of hydrogen-bond acceptors (Lipinski definition) is 3. The van der Waals surface area contributed by atoms with Gasteiger partial charge in [0.15, 0.2) is 0 Å². The molecule has 1 rings (SSSR count). The smallest absolute Gasteiger partial charge is 0.251 e. The number of aromatic hydroxyl groups is 1. The largest absolute Gasteiger partial charge is 0.506 e. The molecule has 2 N–H and O–H groups in total. The van der Waals surface area contributed by atoms with Crippen molar-refractivity contribution in [3.8, 4) is 5.75 Å². The van der Waals surface area contributed by atoms with Crippen LogP contribution in [0.5, 0.6) is 5.75 Å². The monoisotopic (exact) mass is 243 g/mol. The molecule has 5 heteroatoms. The number of methoxy groups -OCH3 is 1. The summed E-state index contributed by atoms with van der Waals surface area (Å²) in [6.45, 7) is 2.28. The van der Waals surface area contributed by atoms with Crippen molar-refractivity contribution >= 4 is 17.5 Å². The minimum absolute atomic E-state index is 0.0387. The lowest BCUT2D eigenvalue weighted by molar-refractivity contribution is 0.0905. The highest BCUT2D eigenvalue weighted by Gasteiger charge is 2.10. The van der Waals surface area contributed by atoms with E-state index in [1.165, 1.54) is 18.2 Å². The molecule has 1 amide bonds. The number of nitrogens with one attached hydrogen (secondary N) is 1. The molecule has 0 spiro atoms. The van der Waals surface area contributed by atoms with Crippen LogP contribution in [-0.4, -0.2) is 30.8 Å². The average Bonchev–Trinajstić information content (AvgIpc) is 2.22. The molecular weight excluding hydrogens is 230 g/mol. The number of phenolic OH excluding ortho intramolecular Hbond substituents is 1. The molecule has 0 aliphatic carbocycles. The number of carbonyl (C=O) groups excluding carboxylic acids is 1. The first-order valence-corrected chi connectivity index (χ1v) is 5.20. The Hall–Kier alpha value is -1.26. The molecule has 0 heterocycles. The zero-order chi connectivity index (χ0) is 12.1. The van der Waals surface area contributed by atoms with Gasteiger partial charge < -0.3 is 15.2 Å². The highest BCUT2D eigenvalue weighted by Crippen LogP contribution is 2.23. The summed E-state index contributed by atoms with van der Waals surface area (Å²) in [5.41, 5.74) is 0.408. The lowest BCUT2D eigenvalue weighted by Gasteiger charge is -2.12. The molecule has 1 aromatic carbocycles. The number of benzene rings is 1. The Balaban J connectivity index is 2.69. The van der Waals surface area contributed by atoms with Crippen LogP contribution >= 0.6 is 11.6 Å². The van der Waals surface area contributed by atoms with Gasteiger partial charge in [-0.3, -0.25) is 4.79 Å². The summed E-state index contributed by atoms with van der Waals surface area (Å²) >= 11 is 5.70. The third-order valence-electron chi connectivity index (χ3n) is 2.00. The summed E-state index contributed by atoms with van der Waals surface area (Å²) in [4.78, 5) is 11.7. The van der Waals surface area contributed by atoms with Gasteiger partial charge in [-0.15, -0.1) is 0 Å². The van der Waals surface area contributed by atoms with Crippen molar-refractivity contribution in [1.82, 2.24) is 5.32 Å². The van der Waals surface area contributed by atoms with Crippen molar-refractivity contribution in [2.24, 2.45) is 0 Å². The van der Waals surface area contributed by atoms with Crippen LogP contribution in [0.1, 0.15) is 17.3 Å². The van der Waals surface area contributed by atoms with Gasteiger partial charge in [-0.05, 0) is 25.1 Å². The number of carbonyl (C=O) groups is 1. The standard InChI is InChI=1S/C11H14ClNO3/c1-7(6-16-2)13-11(15)8-3-4-10(14)9(12)5-8/h3-5,7,14H,6H2,1-2H3,(H,13,15). The molecule has 0 saturated heterocycles. The molecule has 0 aliphatic heterocycles. The third kappa shape index (κ3) is 3.40. The second-order valence-corrected chi connectivity index (χ2v) is 3.90.